The van der Waals surface area contributed by atoms with E-state index in [1.54, 1.807) is 18.2 Å². The van der Waals surface area contributed by atoms with Crippen LogP contribution in [-0.2, 0) is 4.79 Å². The van der Waals surface area contributed by atoms with Crippen molar-refractivity contribution in [3.63, 3.8) is 0 Å². The minimum Gasteiger partial charge on any atom is -0.322 e. The van der Waals surface area contributed by atoms with E-state index in [4.69, 9.17) is 23.2 Å². The zero-order valence-electron chi connectivity index (χ0n) is 12.0. The molecule has 0 saturated carbocycles. The summed E-state index contributed by atoms with van der Waals surface area (Å²) in [4.78, 5) is 11.8. The smallest absolute Gasteiger partial charge is 0.238 e. The van der Waals surface area contributed by atoms with Crippen molar-refractivity contribution in [3.05, 3.63) is 28.2 Å². The second-order valence-electron chi connectivity index (χ2n) is 5.21. The van der Waals surface area contributed by atoms with Gasteiger partial charge in [-0.25, -0.2) is 0 Å². The molecule has 0 saturated heterocycles. The van der Waals surface area contributed by atoms with Crippen molar-refractivity contribution in [2.75, 3.05) is 18.4 Å². The van der Waals surface area contributed by atoms with E-state index < -0.39 is 0 Å². The van der Waals surface area contributed by atoms with Gasteiger partial charge in [0, 0.05) is 0 Å². The van der Waals surface area contributed by atoms with Crippen LogP contribution in [0.3, 0.4) is 0 Å². The summed E-state index contributed by atoms with van der Waals surface area (Å²) >= 11 is 12.0. The van der Waals surface area contributed by atoms with Crippen LogP contribution in [0.1, 0.15) is 33.1 Å². The van der Waals surface area contributed by atoms with Crippen molar-refractivity contribution in [2.45, 2.75) is 33.1 Å². The van der Waals surface area contributed by atoms with Crippen molar-refractivity contribution in [1.82, 2.24) is 5.32 Å². The molecule has 1 amide bonds. The van der Waals surface area contributed by atoms with Gasteiger partial charge >= 0.3 is 0 Å². The molecule has 0 aliphatic carbocycles. The fraction of sp³-hybridized carbons (Fsp3) is 0.533. The van der Waals surface area contributed by atoms with Gasteiger partial charge in [0.1, 0.15) is 0 Å². The van der Waals surface area contributed by atoms with Crippen LogP contribution in [0.15, 0.2) is 18.2 Å². The molecule has 1 aromatic carbocycles. The van der Waals surface area contributed by atoms with Crippen molar-refractivity contribution in [1.29, 1.82) is 0 Å². The molecule has 0 heterocycles. The zero-order valence-corrected chi connectivity index (χ0v) is 13.5. The molecule has 0 fully saturated rings. The van der Waals surface area contributed by atoms with Gasteiger partial charge in [0.25, 0.3) is 0 Å². The van der Waals surface area contributed by atoms with Crippen molar-refractivity contribution in [3.8, 4) is 0 Å². The van der Waals surface area contributed by atoms with Gasteiger partial charge in [-0.1, -0.05) is 56.0 Å². The second kappa shape index (κ2) is 9.22. The van der Waals surface area contributed by atoms with Gasteiger partial charge in [-0.15, -0.1) is 0 Å². The monoisotopic (exact) mass is 316 g/mol. The Morgan fingerprint density at radius 1 is 1.20 bits per heavy atom. The number of rotatable bonds is 8. The normalized spacial score (nSPS) is 10.8. The summed E-state index contributed by atoms with van der Waals surface area (Å²) in [7, 11) is 0. The SMILES string of the molecule is CC(C)CCCCNCC(=O)Nc1c(Cl)cccc1Cl. The largest absolute Gasteiger partial charge is 0.322 e. The number of nitrogens with one attached hydrogen (secondary N) is 2. The van der Waals surface area contributed by atoms with E-state index in [-0.39, 0.29) is 12.5 Å². The standard InChI is InChI=1S/C15H22Cl2N2O/c1-11(2)6-3-4-9-18-10-14(20)19-15-12(16)7-5-8-13(15)17/h5,7-8,11,18H,3-4,6,9-10H2,1-2H3,(H,19,20). The van der Waals surface area contributed by atoms with Crippen LogP contribution >= 0.6 is 23.2 Å². The van der Waals surface area contributed by atoms with Crippen LogP contribution in [0.5, 0.6) is 0 Å². The third-order valence-corrected chi connectivity index (χ3v) is 3.53. The highest BCUT2D eigenvalue weighted by Gasteiger charge is 2.08. The average molecular weight is 317 g/mol. The first kappa shape index (κ1) is 17.3. The molecule has 0 aromatic heterocycles. The predicted molar refractivity (Wildman–Crippen MR) is 86.7 cm³/mol. The van der Waals surface area contributed by atoms with E-state index in [2.05, 4.69) is 24.5 Å². The number of carbonyl (C=O) groups is 1. The molecule has 0 bridgehead atoms. The molecule has 0 spiro atoms. The molecule has 2 N–H and O–H groups in total. The fourth-order valence-electron chi connectivity index (χ4n) is 1.81. The van der Waals surface area contributed by atoms with E-state index in [1.807, 2.05) is 0 Å². The molecule has 112 valence electrons. The molecule has 5 heteroatoms. The molecule has 0 aliphatic rings. The van der Waals surface area contributed by atoms with Crippen LogP contribution in [0.4, 0.5) is 5.69 Å². The second-order valence-corrected chi connectivity index (χ2v) is 6.03. The summed E-state index contributed by atoms with van der Waals surface area (Å²) in [5.41, 5.74) is 0.474. The number of hydrogen-bond acceptors (Lipinski definition) is 2. The van der Waals surface area contributed by atoms with Crippen LogP contribution in [0.2, 0.25) is 10.0 Å². The number of anilines is 1. The Morgan fingerprint density at radius 2 is 1.85 bits per heavy atom. The first-order valence-electron chi connectivity index (χ1n) is 6.95. The van der Waals surface area contributed by atoms with E-state index in [1.165, 1.54) is 12.8 Å². The quantitative estimate of drug-likeness (QED) is 0.700. The Morgan fingerprint density at radius 3 is 2.45 bits per heavy atom. The van der Waals surface area contributed by atoms with E-state index >= 15 is 0 Å². The average Bonchev–Trinajstić information content (AvgIpc) is 2.38. The Balaban J connectivity index is 2.24. The summed E-state index contributed by atoms with van der Waals surface area (Å²) in [6.07, 6.45) is 3.49. The number of benzene rings is 1. The van der Waals surface area contributed by atoms with Gasteiger partial charge in [-0.3, -0.25) is 4.79 Å². The first-order chi connectivity index (χ1) is 9.50. The van der Waals surface area contributed by atoms with E-state index in [9.17, 15) is 4.79 Å². The molecule has 3 nitrogen and oxygen atoms in total. The molecule has 20 heavy (non-hydrogen) atoms. The lowest BCUT2D eigenvalue weighted by atomic mass is 10.1. The maximum Gasteiger partial charge on any atom is 0.238 e. The fourth-order valence-corrected chi connectivity index (χ4v) is 2.30. The Bertz CT molecular complexity index is 416. The summed E-state index contributed by atoms with van der Waals surface area (Å²) in [6, 6.07) is 5.14. The summed E-state index contributed by atoms with van der Waals surface area (Å²) in [5, 5.41) is 6.74. The minimum atomic E-state index is -0.135. The molecule has 0 atom stereocenters. The van der Waals surface area contributed by atoms with E-state index in [0.717, 1.165) is 18.9 Å². The zero-order chi connectivity index (χ0) is 15.0. The van der Waals surface area contributed by atoms with Crippen molar-refractivity contribution < 1.29 is 4.79 Å². The highest BCUT2D eigenvalue weighted by atomic mass is 35.5. The van der Waals surface area contributed by atoms with Crippen LogP contribution < -0.4 is 10.6 Å². The summed E-state index contributed by atoms with van der Waals surface area (Å²) in [6.45, 7) is 5.54. The summed E-state index contributed by atoms with van der Waals surface area (Å²) in [5.74, 6) is 0.601. The van der Waals surface area contributed by atoms with Crippen LogP contribution in [0.25, 0.3) is 0 Å². The molecule has 1 aromatic rings. The van der Waals surface area contributed by atoms with Crippen molar-refractivity contribution in [2.24, 2.45) is 5.92 Å². The highest BCUT2D eigenvalue weighted by Crippen LogP contribution is 2.29. The van der Waals surface area contributed by atoms with E-state index in [0.29, 0.717) is 15.7 Å². The molecule has 1 rings (SSSR count). The highest BCUT2D eigenvalue weighted by molar-refractivity contribution is 6.39. The Kier molecular flexibility index (Phi) is 7.97. The molecule has 0 radical (unpaired) electrons. The van der Waals surface area contributed by atoms with Gasteiger partial charge in [-0.2, -0.15) is 0 Å². The Labute approximate surface area is 131 Å². The lowest BCUT2D eigenvalue weighted by molar-refractivity contribution is -0.115. The number of unbranched alkanes of at least 4 members (excludes halogenated alkanes) is 1. The maximum atomic E-state index is 11.8. The molecule has 0 aliphatic heterocycles. The lowest BCUT2D eigenvalue weighted by Crippen LogP contribution is -2.29. The molecule has 0 unspecified atom stereocenters. The van der Waals surface area contributed by atoms with Gasteiger partial charge in [-0.05, 0) is 31.0 Å². The number of halogens is 2. The molecular weight excluding hydrogens is 295 g/mol. The Hall–Kier alpha value is -0.770. The number of hydrogen-bond donors (Lipinski definition) is 2. The third-order valence-electron chi connectivity index (χ3n) is 2.90. The maximum absolute atomic E-state index is 11.8. The van der Waals surface area contributed by atoms with Gasteiger partial charge in [0.05, 0.1) is 22.3 Å². The lowest BCUT2D eigenvalue weighted by Gasteiger charge is -2.10. The topological polar surface area (TPSA) is 41.1 Å². The van der Waals surface area contributed by atoms with Gasteiger partial charge < -0.3 is 10.6 Å². The number of amides is 1. The predicted octanol–water partition coefficient (Wildman–Crippen LogP) is 4.35. The number of para-hydroxylation sites is 1. The summed E-state index contributed by atoms with van der Waals surface area (Å²) < 4.78 is 0. The first-order valence-corrected chi connectivity index (χ1v) is 7.71. The molecular formula is C15H22Cl2N2O. The minimum absolute atomic E-state index is 0.135. The van der Waals surface area contributed by atoms with Crippen LogP contribution in [0, 0.1) is 5.92 Å². The van der Waals surface area contributed by atoms with Gasteiger partial charge in [0.2, 0.25) is 5.91 Å². The third kappa shape index (κ3) is 6.60. The van der Waals surface area contributed by atoms with Crippen LogP contribution in [-0.4, -0.2) is 19.0 Å². The van der Waals surface area contributed by atoms with Crippen molar-refractivity contribution >= 4 is 34.8 Å². The van der Waals surface area contributed by atoms with Gasteiger partial charge in [0.15, 0.2) is 0 Å². The number of carbonyl (C=O) groups excluding carboxylic acids is 1.